The predicted molar refractivity (Wildman–Crippen MR) is 98.4 cm³/mol. The first-order valence-electron chi connectivity index (χ1n) is 8.93. The first-order valence-corrected chi connectivity index (χ1v) is 8.93. The van der Waals surface area contributed by atoms with Crippen LogP contribution in [0, 0.1) is 19.7 Å². The molecule has 6 heteroatoms. The second-order valence-corrected chi connectivity index (χ2v) is 6.56. The number of Topliss-reactive ketones (excluding diaryl/α,β-unsaturated/α-hetero) is 1. The highest BCUT2D eigenvalue weighted by Gasteiger charge is 2.28. The molecule has 0 spiro atoms. The molecule has 2 aromatic rings. The molecular formula is C20H26FN3O2. The molecule has 0 N–H and O–H groups in total. The first-order chi connectivity index (χ1) is 12.3. The number of aromatic nitrogens is 2. The first kappa shape index (κ1) is 19.8. The molecule has 1 aromatic heterocycles. The van der Waals surface area contributed by atoms with Crippen molar-refractivity contribution in [2.24, 2.45) is 7.05 Å². The Morgan fingerprint density at radius 2 is 1.81 bits per heavy atom. The fraction of sp³-hybridized carbons (Fsp3) is 0.450. The molecule has 0 saturated carbocycles. The standard InChI is InChI=1S/C20H26FN3O2/c1-5-6-7-12-24(13-16-8-10-17(21)11-9-16)20(26)19(25)18-14(2)22-23(4)15(18)3/h8-11H,5-7,12-13H2,1-4H3. The minimum atomic E-state index is -0.537. The number of aryl methyl sites for hydroxylation is 2. The van der Waals surface area contributed by atoms with Gasteiger partial charge >= 0.3 is 0 Å². The van der Waals surface area contributed by atoms with Crippen LogP contribution in [-0.2, 0) is 18.4 Å². The molecule has 1 aromatic carbocycles. The number of hydrogen-bond donors (Lipinski definition) is 0. The van der Waals surface area contributed by atoms with E-state index in [0.717, 1.165) is 24.8 Å². The summed E-state index contributed by atoms with van der Waals surface area (Å²) in [5.74, 6) is -1.40. The number of carbonyl (C=O) groups excluding carboxylic acids is 2. The lowest BCUT2D eigenvalue weighted by Crippen LogP contribution is -2.37. The van der Waals surface area contributed by atoms with Crippen LogP contribution in [0.2, 0.25) is 0 Å². The molecule has 0 radical (unpaired) electrons. The number of hydrogen-bond acceptors (Lipinski definition) is 3. The lowest BCUT2D eigenvalue weighted by molar-refractivity contribution is -0.127. The normalized spacial score (nSPS) is 10.8. The summed E-state index contributed by atoms with van der Waals surface area (Å²) in [5, 5.41) is 4.23. The minimum Gasteiger partial charge on any atom is -0.331 e. The van der Waals surface area contributed by atoms with Gasteiger partial charge in [0.2, 0.25) is 0 Å². The number of unbranched alkanes of at least 4 members (excludes halogenated alkanes) is 2. The van der Waals surface area contributed by atoms with Crippen molar-refractivity contribution >= 4 is 11.7 Å². The topological polar surface area (TPSA) is 55.2 Å². The quantitative estimate of drug-likeness (QED) is 0.411. The van der Waals surface area contributed by atoms with E-state index >= 15 is 0 Å². The van der Waals surface area contributed by atoms with Crippen LogP contribution in [0.5, 0.6) is 0 Å². The van der Waals surface area contributed by atoms with Gasteiger partial charge in [-0.3, -0.25) is 14.3 Å². The van der Waals surface area contributed by atoms with E-state index in [9.17, 15) is 14.0 Å². The molecule has 0 saturated heterocycles. The molecule has 140 valence electrons. The minimum absolute atomic E-state index is 0.285. The molecule has 0 aliphatic heterocycles. The lowest BCUT2D eigenvalue weighted by Gasteiger charge is -2.22. The molecule has 26 heavy (non-hydrogen) atoms. The van der Waals surface area contributed by atoms with Crippen molar-refractivity contribution in [2.45, 2.75) is 46.6 Å². The van der Waals surface area contributed by atoms with Gasteiger partial charge in [0.15, 0.2) is 0 Å². The highest BCUT2D eigenvalue weighted by molar-refractivity contribution is 6.43. The molecule has 0 fully saturated rings. The SMILES string of the molecule is CCCCCN(Cc1ccc(F)cc1)C(=O)C(=O)c1c(C)nn(C)c1C. The van der Waals surface area contributed by atoms with E-state index in [1.165, 1.54) is 12.1 Å². The molecule has 2 rings (SSSR count). The van der Waals surface area contributed by atoms with Gasteiger partial charge in [-0.15, -0.1) is 0 Å². The number of rotatable bonds is 8. The van der Waals surface area contributed by atoms with Gasteiger partial charge in [-0.25, -0.2) is 4.39 Å². The van der Waals surface area contributed by atoms with E-state index in [2.05, 4.69) is 12.0 Å². The summed E-state index contributed by atoms with van der Waals surface area (Å²) in [5.41, 5.74) is 2.40. The third kappa shape index (κ3) is 4.56. The van der Waals surface area contributed by atoms with Gasteiger partial charge in [0.05, 0.1) is 11.3 Å². The van der Waals surface area contributed by atoms with Crippen LogP contribution in [0.4, 0.5) is 4.39 Å². The van der Waals surface area contributed by atoms with Gasteiger partial charge in [-0.2, -0.15) is 5.10 Å². The fourth-order valence-electron chi connectivity index (χ4n) is 2.97. The Bertz CT molecular complexity index is 781. The summed E-state index contributed by atoms with van der Waals surface area (Å²) in [6.45, 7) is 6.37. The Morgan fingerprint density at radius 3 is 2.35 bits per heavy atom. The maximum absolute atomic E-state index is 13.1. The molecule has 0 aliphatic carbocycles. The fourth-order valence-corrected chi connectivity index (χ4v) is 2.97. The van der Waals surface area contributed by atoms with Crippen molar-refractivity contribution in [2.75, 3.05) is 6.54 Å². The molecule has 5 nitrogen and oxygen atoms in total. The van der Waals surface area contributed by atoms with Crippen LogP contribution in [0.3, 0.4) is 0 Å². The largest absolute Gasteiger partial charge is 0.331 e. The van der Waals surface area contributed by atoms with Crippen LogP contribution in [0.25, 0.3) is 0 Å². The van der Waals surface area contributed by atoms with Crippen LogP contribution in [0.1, 0.15) is 53.5 Å². The Kier molecular flexibility index (Phi) is 6.66. The van der Waals surface area contributed by atoms with Crippen LogP contribution >= 0.6 is 0 Å². The van der Waals surface area contributed by atoms with Crippen molar-refractivity contribution < 1.29 is 14.0 Å². The van der Waals surface area contributed by atoms with Gasteiger partial charge < -0.3 is 4.90 Å². The summed E-state index contributed by atoms with van der Waals surface area (Å²) >= 11 is 0. The summed E-state index contributed by atoms with van der Waals surface area (Å²) < 4.78 is 14.7. The monoisotopic (exact) mass is 359 g/mol. The molecule has 0 aliphatic rings. The molecule has 1 amide bonds. The van der Waals surface area contributed by atoms with Crippen molar-refractivity contribution in [3.05, 3.63) is 52.6 Å². The maximum Gasteiger partial charge on any atom is 0.295 e. The summed E-state index contributed by atoms with van der Waals surface area (Å²) in [6.07, 6.45) is 2.82. The van der Waals surface area contributed by atoms with Crippen molar-refractivity contribution in [3.8, 4) is 0 Å². The highest BCUT2D eigenvalue weighted by atomic mass is 19.1. The van der Waals surface area contributed by atoms with E-state index in [4.69, 9.17) is 0 Å². The van der Waals surface area contributed by atoms with Gasteiger partial charge in [0.25, 0.3) is 11.7 Å². The van der Waals surface area contributed by atoms with E-state index in [1.54, 1.807) is 42.6 Å². The van der Waals surface area contributed by atoms with Gasteiger partial charge in [0.1, 0.15) is 5.82 Å². The molecule has 0 unspecified atom stereocenters. The third-order valence-electron chi connectivity index (χ3n) is 4.54. The number of amides is 1. The Morgan fingerprint density at radius 1 is 1.15 bits per heavy atom. The molecular weight excluding hydrogens is 333 g/mol. The van der Waals surface area contributed by atoms with Gasteiger partial charge in [0, 0.05) is 25.8 Å². The maximum atomic E-state index is 13.1. The molecule has 0 bridgehead atoms. The summed E-state index contributed by atoms with van der Waals surface area (Å²) in [7, 11) is 1.75. The van der Waals surface area contributed by atoms with E-state index in [1.807, 2.05) is 0 Å². The second kappa shape index (κ2) is 8.74. The van der Waals surface area contributed by atoms with Crippen molar-refractivity contribution in [3.63, 3.8) is 0 Å². The zero-order valence-corrected chi connectivity index (χ0v) is 15.9. The lowest BCUT2D eigenvalue weighted by atomic mass is 10.1. The van der Waals surface area contributed by atoms with Crippen molar-refractivity contribution in [1.82, 2.24) is 14.7 Å². The predicted octanol–water partition coefficient (Wildman–Crippen LogP) is 3.58. The Hall–Kier alpha value is -2.50. The van der Waals surface area contributed by atoms with E-state index < -0.39 is 11.7 Å². The average molecular weight is 359 g/mol. The number of benzene rings is 1. The smallest absolute Gasteiger partial charge is 0.295 e. The zero-order chi connectivity index (χ0) is 19.3. The highest BCUT2D eigenvalue weighted by Crippen LogP contribution is 2.16. The second-order valence-electron chi connectivity index (χ2n) is 6.56. The number of nitrogens with zero attached hydrogens (tertiary/aromatic N) is 3. The van der Waals surface area contributed by atoms with E-state index in [-0.39, 0.29) is 12.4 Å². The van der Waals surface area contributed by atoms with Crippen LogP contribution in [0.15, 0.2) is 24.3 Å². The Labute approximate surface area is 153 Å². The van der Waals surface area contributed by atoms with Gasteiger partial charge in [-0.05, 0) is 38.0 Å². The van der Waals surface area contributed by atoms with Crippen LogP contribution in [-0.4, -0.2) is 32.9 Å². The number of halogens is 1. The summed E-state index contributed by atoms with van der Waals surface area (Å²) in [4.78, 5) is 27.3. The molecule has 1 heterocycles. The third-order valence-corrected chi connectivity index (χ3v) is 4.54. The molecule has 0 atom stereocenters. The van der Waals surface area contributed by atoms with Gasteiger partial charge in [-0.1, -0.05) is 31.9 Å². The number of ketones is 1. The van der Waals surface area contributed by atoms with E-state index in [0.29, 0.717) is 23.5 Å². The number of carbonyl (C=O) groups is 2. The van der Waals surface area contributed by atoms with Crippen molar-refractivity contribution in [1.29, 1.82) is 0 Å². The summed E-state index contributed by atoms with van der Waals surface area (Å²) in [6, 6.07) is 6.00. The average Bonchev–Trinajstić information content (AvgIpc) is 2.87. The zero-order valence-electron chi connectivity index (χ0n) is 15.9. The Balaban J connectivity index is 2.23. The van der Waals surface area contributed by atoms with Crippen LogP contribution < -0.4 is 0 Å².